The van der Waals surface area contributed by atoms with Crippen molar-refractivity contribution in [1.29, 1.82) is 0 Å². The van der Waals surface area contributed by atoms with Gasteiger partial charge in [0.15, 0.2) is 0 Å². The largest absolute Gasteiger partial charge is 0.496 e. The number of methoxy groups -OCH3 is 1. The van der Waals surface area contributed by atoms with Gasteiger partial charge in [0.05, 0.1) is 18.2 Å². The number of rotatable bonds is 2. The quantitative estimate of drug-likeness (QED) is 0.831. The molecule has 4 aliphatic carbocycles. The molecule has 0 radical (unpaired) electrons. The van der Waals surface area contributed by atoms with Crippen LogP contribution in [-0.2, 0) is 11.2 Å². The highest BCUT2D eigenvalue weighted by Gasteiger charge is 2.56. The molecule has 4 fully saturated rings. The summed E-state index contributed by atoms with van der Waals surface area (Å²) in [5.74, 6) is 3.81. The maximum absolute atomic E-state index is 13.5. The fourth-order valence-electron chi connectivity index (χ4n) is 6.46. The second kappa shape index (κ2) is 4.75. The lowest BCUT2D eigenvalue weighted by Crippen LogP contribution is -2.54. The summed E-state index contributed by atoms with van der Waals surface area (Å²) in [6.07, 6.45) is 8.52. The van der Waals surface area contributed by atoms with Crippen molar-refractivity contribution in [3.63, 3.8) is 0 Å². The number of fused-ring (bicyclic) bond motifs is 1. The van der Waals surface area contributed by atoms with Crippen LogP contribution in [0.15, 0.2) is 18.2 Å². The van der Waals surface area contributed by atoms with Crippen LogP contribution in [-0.4, -0.2) is 19.6 Å². The van der Waals surface area contributed by atoms with Crippen molar-refractivity contribution in [2.45, 2.75) is 44.9 Å². The highest BCUT2D eigenvalue weighted by Crippen LogP contribution is 2.61. The molecular formula is C20H25NO2. The first kappa shape index (κ1) is 13.9. The minimum atomic E-state index is -0.0422. The highest BCUT2D eigenvalue weighted by molar-refractivity contribution is 6.00. The van der Waals surface area contributed by atoms with Gasteiger partial charge in [0.25, 0.3) is 0 Å². The first-order valence-electron chi connectivity index (χ1n) is 9.16. The molecule has 3 nitrogen and oxygen atoms in total. The summed E-state index contributed by atoms with van der Waals surface area (Å²) in [6.45, 7) is 0.830. The Balaban J connectivity index is 1.49. The number of hydrogen-bond donors (Lipinski definition) is 0. The van der Waals surface area contributed by atoms with Crippen molar-refractivity contribution in [1.82, 2.24) is 0 Å². The van der Waals surface area contributed by atoms with E-state index in [0.29, 0.717) is 5.91 Å². The van der Waals surface area contributed by atoms with Gasteiger partial charge in [-0.2, -0.15) is 0 Å². The summed E-state index contributed by atoms with van der Waals surface area (Å²) >= 11 is 0. The molecule has 4 saturated carbocycles. The lowest BCUT2D eigenvalue weighted by atomic mass is 9.49. The fourth-order valence-corrected chi connectivity index (χ4v) is 6.46. The van der Waals surface area contributed by atoms with E-state index >= 15 is 0 Å². The van der Waals surface area contributed by atoms with E-state index in [0.717, 1.165) is 61.4 Å². The number of nitrogens with zero attached hydrogens (tertiary/aromatic N) is 1. The van der Waals surface area contributed by atoms with Crippen molar-refractivity contribution >= 4 is 11.6 Å². The average Bonchev–Trinajstić information content (AvgIpc) is 2.96. The molecule has 1 aliphatic heterocycles. The zero-order valence-corrected chi connectivity index (χ0v) is 13.9. The van der Waals surface area contributed by atoms with Crippen LogP contribution in [0.2, 0.25) is 0 Å². The van der Waals surface area contributed by atoms with E-state index in [2.05, 4.69) is 11.0 Å². The third-order valence-electron chi connectivity index (χ3n) is 6.94. The molecule has 1 aromatic carbocycles. The highest BCUT2D eigenvalue weighted by atomic mass is 16.5. The van der Waals surface area contributed by atoms with Crippen molar-refractivity contribution in [2.75, 3.05) is 18.6 Å². The van der Waals surface area contributed by atoms with E-state index < -0.39 is 0 Å². The van der Waals surface area contributed by atoms with Gasteiger partial charge >= 0.3 is 0 Å². The summed E-state index contributed by atoms with van der Waals surface area (Å²) in [6, 6.07) is 6.13. The summed E-state index contributed by atoms with van der Waals surface area (Å²) in [7, 11) is 1.72. The smallest absolute Gasteiger partial charge is 0.233 e. The van der Waals surface area contributed by atoms with E-state index in [4.69, 9.17) is 4.74 Å². The number of anilines is 1. The molecule has 0 unspecified atom stereocenters. The predicted octanol–water partition coefficient (Wildman–Crippen LogP) is 3.80. The molecule has 4 bridgehead atoms. The van der Waals surface area contributed by atoms with Gasteiger partial charge in [-0.1, -0.05) is 6.07 Å². The van der Waals surface area contributed by atoms with Crippen LogP contribution in [0, 0.1) is 23.2 Å². The topological polar surface area (TPSA) is 29.5 Å². The average molecular weight is 311 g/mol. The Morgan fingerprint density at radius 3 is 2.39 bits per heavy atom. The minimum Gasteiger partial charge on any atom is -0.496 e. The molecule has 0 saturated heterocycles. The lowest BCUT2D eigenvalue weighted by Gasteiger charge is -2.56. The normalized spacial score (nSPS) is 37.1. The third kappa shape index (κ3) is 1.91. The summed E-state index contributed by atoms with van der Waals surface area (Å²) < 4.78 is 5.50. The van der Waals surface area contributed by atoms with Gasteiger partial charge in [-0.05, 0) is 74.8 Å². The number of benzene rings is 1. The van der Waals surface area contributed by atoms with Crippen LogP contribution in [0.5, 0.6) is 5.75 Å². The lowest BCUT2D eigenvalue weighted by molar-refractivity contribution is -0.143. The zero-order chi connectivity index (χ0) is 15.6. The second-order valence-corrected chi connectivity index (χ2v) is 8.36. The van der Waals surface area contributed by atoms with Gasteiger partial charge in [0.2, 0.25) is 5.91 Å². The fraction of sp³-hybridized carbons (Fsp3) is 0.650. The standard InChI is InChI=1S/C20H25NO2/c1-23-18-4-2-3-17-16(18)5-6-21(17)19(22)20-10-13-7-14(11-20)9-15(8-13)12-20/h2-4,13-15H,5-12H2,1H3. The molecule has 6 rings (SSSR count). The van der Waals surface area contributed by atoms with Crippen LogP contribution < -0.4 is 9.64 Å². The molecule has 1 amide bonds. The molecular weight excluding hydrogens is 286 g/mol. The Morgan fingerprint density at radius 2 is 1.78 bits per heavy atom. The monoisotopic (exact) mass is 311 g/mol. The molecule has 122 valence electrons. The second-order valence-electron chi connectivity index (χ2n) is 8.36. The molecule has 23 heavy (non-hydrogen) atoms. The predicted molar refractivity (Wildman–Crippen MR) is 89.7 cm³/mol. The van der Waals surface area contributed by atoms with Crippen LogP contribution in [0.4, 0.5) is 5.69 Å². The van der Waals surface area contributed by atoms with Gasteiger partial charge in [-0.15, -0.1) is 0 Å². The Labute approximate surface area is 138 Å². The van der Waals surface area contributed by atoms with E-state index in [-0.39, 0.29) is 5.41 Å². The first-order chi connectivity index (χ1) is 11.2. The maximum atomic E-state index is 13.5. The van der Waals surface area contributed by atoms with Crippen molar-refractivity contribution in [3.8, 4) is 5.75 Å². The van der Waals surface area contributed by atoms with Crippen molar-refractivity contribution < 1.29 is 9.53 Å². The van der Waals surface area contributed by atoms with E-state index in [1.807, 2.05) is 12.1 Å². The summed E-state index contributed by atoms with van der Waals surface area (Å²) in [5.41, 5.74) is 2.28. The number of carbonyl (C=O) groups excluding carboxylic acids is 1. The van der Waals surface area contributed by atoms with Gasteiger partial charge in [0.1, 0.15) is 5.75 Å². The Hall–Kier alpha value is -1.51. The molecule has 0 aromatic heterocycles. The Kier molecular flexibility index (Phi) is 2.87. The molecule has 3 heteroatoms. The van der Waals surface area contributed by atoms with Crippen LogP contribution in [0.1, 0.15) is 44.1 Å². The van der Waals surface area contributed by atoms with Gasteiger partial charge in [0, 0.05) is 12.1 Å². The third-order valence-corrected chi connectivity index (χ3v) is 6.94. The summed E-state index contributed by atoms with van der Waals surface area (Å²) in [4.78, 5) is 15.6. The van der Waals surface area contributed by atoms with E-state index in [1.165, 1.54) is 24.8 Å². The van der Waals surface area contributed by atoms with Crippen LogP contribution in [0.25, 0.3) is 0 Å². The molecule has 5 aliphatic rings. The summed E-state index contributed by atoms with van der Waals surface area (Å²) in [5, 5.41) is 0. The molecule has 0 spiro atoms. The molecule has 0 N–H and O–H groups in total. The number of hydrogen-bond acceptors (Lipinski definition) is 2. The first-order valence-corrected chi connectivity index (χ1v) is 9.16. The number of ether oxygens (including phenoxy) is 1. The van der Waals surface area contributed by atoms with Gasteiger partial charge in [-0.25, -0.2) is 0 Å². The van der Waals surface area contributed by atoms with Crippen molar-refractivity contribution in [3.05, 3.63) is 23.8 Å². The molecule has 1 aromatic rings. The number of carbonyl (C=O) groups is 1. The minimum absolute atomic E-state index is 0.0422. The van der Waals surface area contributed by atoms with Crippen molar-refractivity contribution in [2.24, 2.45) is 23.2 Å². The van der Waals surface area contributed by atoms with E-state index in [9.17, 15) is 4.79 Å². The SMILES string of the molecule is COc1cccc2c1CCN2C(=O)C12CC3CC(CC(C3)C1)C2. The van der Waals surface area contributed by atoms with Gasteiger partial charge < -0.3 is 9.64 Å². The zero-order valence-electron chi connectivity index (χ0n) is 13.9. The molecule has 0 atom stereocenters. The number of amides is 1. The van der Waals surface area contributed by atoms with Gasteiger partial charge in [-0.3, -0.25) is 4.79 Å². The maximum Gasteiger partial charge on any atom is 0.233 e. The van der Waals surface area contributed by atoms with Crippen LogP contribution in [0.3, 0.4) is 0 Å². The molecule has 1 heterocycles. The van der Waals surface area contributed by atoms with E-state index in [1.54, 1.807) is 7.11 Å². The van der Waals surface area contributed by atoms with Crippen LogP contribution >= 0.6 is 0 Å². The Bertz CT molecular complexity index is 630. The Morgan fingerprint density at radius 1 is 1.13 bits per heavy atom.